The Labute approximate surface area is 121 Å². The third-order valence-corrected chi connectivity index (χ3v) is 3.37. The van der Waals surface area contributed by atoms with Crippen molar-refractivity contribution in [3.05, 3.63) is 64.9 Å². The third-order valence-electron chi connectivity index (χ3n) is 3.12. The first-order valence-electron chi connectivity index (χ1n) is 6.29. The molecule has 100 valence electrons. The summed E-state index contributed by atoms with van der Waals surface area (Å²) in [6.07, 6.45) is 3.94. The van der Waals surface area contributed by atoms with E-state index in [9.17, 15) is 4.79 Å². The van der Waals surface area contributed by atoms with Crippen molar-refractivity contribution >= 4 is 23.2 Å². The summed E-state index contributed by atoms with van der Waals surface area (Å²) in [5.41, 5.74) is 2.45. The number of carbonyl (C=O) groups is 1. The van der Waals surface area contributed by atoms with Crippen LogP contribution in [0.2, 0.25) is 5.02 Å². The summed E-state index contributed by atoms with van der Waals surface area (Å²) in [6, 6.07) is 11.0. The Morgan fingerprint density at radius 3 is 2.70 bits per heavy atom. The number of amides is 1. The van der Waals surface area contributed by atoms with E-state index in [1.165, 1.54) is 5.01 Å². The van der Waals surface area contributed by atoms with Gasteiger partial charge < -0.3 is 0 Å². The Morgan fingerprint density at radius 2 is 2.00 bits per heavy atom. The zero-order valence-electron chi connectivity index (χ0n) is 10.7. The molecule has 4 nitrogen and oxygen atoms in total. The Morgan fingerprint density at radius 1 is 1.20 bits per heavy atom. The highest BCUT2D eigenvalue weighted by molar-refractivity contribution is 6.30. The van der Waals surface area contributed by atoms with Crippen molar-refractivity contribution in [3.8, 4) is 0 Å². The zero-order valence-corrected chi connectivity index (χ0v) is 11.4. The van der Waals surface area contributed by atoms with Gasteiger partial charge in [0.1, 0.15) is 0 Å². The van der Waals surface area contributed by atoms with Gasteiger partial charge in [-0.25, -0.2) is 5.01 Å². The number of rotatable bonds is 2. The van der Waals surface area contributed by atoms with Crippen LogP contribution < -0.4 is 0 Å². The van der Waals surface area contributed by atoms with Crippen molar-refractivity contribution in [2.75, 3.05) is 6.54 Å². The van der Waals surface area contributed by atoms with Gasteiger partial charge in [0, 0.05) is 23.8 Å². The van der Waals surface area contributed by atoms with Gasteiger partial charge in [-0.05, 0) is 29.8 Å². The monoisotopic (exact) mass is 285 g/mol. The van der Waals surface area contributed by atoms with Crippen molar-refractivity contribution in [1.29, 1.82) is 0 Å². The lowest BCUT2D eigenvalue weighted by molar-refractivity contribution is 0.0778. The van der Waals surface area contributed by atoms with Crippen molar-refractivity contribution in [2.45, 2.75) is 6.42 Å². The SMILES string of the molecule is O=C(c1cccnc1)N1CCC(c2ccc(Cl)cc2)=N1. The highest BCUT2D eigenvalue weighted by Gasteiger charge is 2.22. The predicted octanol–water partition coefficient (Wildman–Crippen LogP) is 2.99. The number of hydrogen-bond donors (Lipinski definition) is 0. The van der Waals surface area contributed by atoms with Crippen LogP contribution in [0.1, 0.15) is 22.3 Å². The van der Waals surface area contributed by atoms with E-state index in [-0.39, 0.29) is 5.91 Å². The lowest BCUT2D eigenvalue weighted by Crippen LogP contribution is -2.23. The van der Waals surface area contributed by atoms with Gasteiger partial charge in [0.2, 0.25) is 0 Å². The predicted molar refractivity (Wildman–Crippen MR) is 77.9 cm³/mol. The quantitative estimate of drug-likeness (QED) is 0.851. The molecule has 3 rings (SSSR count). The minimum Gasteiger partial charge on any atom is -0.267 e. The molecule has 0 bridgehead atoms. The highest BCUT2D eigenvalue weighted by Crippen LogP contribution is 2.18. The number of aromatic nitrogens is 1. The topological polar surface area (TPSA) is 45.6 Å². The minimum atomic E-state index is -0.123. The van der Waals surface area contributed by atoms with Crippen LogP contribution in [0.5, 0.6) is 0 Å². The number of nitrogens with zero attached hydrogens (tertiary/aromatic N) is 3. The van der Waals surface area contributed by atoms with Gasteiger partial charge in [0.15, 0.2) is 0 Å². The fourth-order valence-corrected chi connectivity index (χ4v) is 2.21. The second kappa shape index (κ2) is 5.43. The van der Waals surface area contributed by atoms with Gasteiger partial charge in [-0.1, -0.05) is 23.7 Å². The van der Waals surface area contributed by atoms with Gasteiger partial charge in [0.25, 0.3) is 5.91 Å². The van der Waals surface area contributed by atoms with Crippen LogP contribution in [0.4, 0.5) is 0 Å². The molecule has 1 aliphatic rings. The standard InChI is InChI=1S/C15H12ClN3O/c16-13-5-3-11(4-6-13)14-7-9-19(18-14)15(20)12-2-1-8-17-10-12/h1-6,8,10H,7,9H2. The molecule has 0 aliphatic carbocycles. The molecule has 0 unspecified atom stereocenters. The molecule has 0 fully saturated rings. The van der Waals surface area contributed by atoms with E-state index >= 15 is 0 Å². The lowest BCUT2D eigenvalue weighted by Gasteiger charge is -2.10. The molecular weight excluding hydrogens is 274 g/mol. The maximum absolute atomic E-state index is 12.2. The second-order valence-corrected chi connectivity index (χ2v) is 4.91. The van der Waals surface area contributed by atoms with Crippen LogP contribution in [-0.2, 0) is 0 Å². The molecule has 0 radical (unpaired) electrons. The van der Waals surface area contributed by atoms with Gasteiger partial charge in [-0.3, -0.25) is 9.78 Å². The Hall–Kier alpha value is -2.20. The molecule has 2 heterocycles. The molecule has 2 aromatic rings. The molecule has 0 saturated heterocycles. The van der Waals surface area contributed by atoms with Crippen LogP contribution in [-0.4, -0.2) is 28.2 Å². The number of pyridine rings is 1. The summed E-state index contributed by atoms with van der Waals surface area (Å²) in [5, 5.41) is 6.57. The average Bonchev–Trinajstić information content (AvgIpc) is 2.98. The highest BCUT2D eigenvalue weighted by atomic mass is 35.5. The molecule has 0 atom stereocenters. The fraction of sp³-hybridized carbons (Fsp3) is 0.133. The van der Waals surface area contributed by atoms with Gasteiger partial charge >= 0.3 is 0 Å². The van der Waals surface area contributed by atoms with E-state index < -0.39 is 0 Å². The van der Waals surface area contributed by atoms with Gasteiger partial charge in [-0.15, -0.1) is 0 Å². The Bertz CT molecular complexity index is 653. The molecular formula is C15H12ClN3O. The van der Waals surface area contributed by atoms with E-state index in [2.05, 4.69) is 10.1 Å². The molecule has 1 amide bonds. The summed E-state index contributed by atoms with van der Waals surface area (Å²) in [4.78, 5) is 16.2. The smallest absolute Gasteiger partial charge is 0.267 e. The number of benzene rings is 1. The number of halogens is 1. The first-order chi connectivity index (χ1) is 9.74. The molecule has 0 saturated carbocycles. The molecule has 5 heteroatoms. The van der Waals surface area contributed by atoms with Gasteiger partial charge in [0.05, 0.1) is 17.8 Å². The van der Waals surface area contributed by atoms with E-state index in [0.29, 0.717) is 17.1 Å². The molecule has 1 aromatic heterocycles. The zero-order chi connectivity index (χ0) is 13.9. The van der Waals surface area contributed by atoms with E-state index in [1.54, 1.807) is 24.5 Å². The third kappa shape index (κ3) is 2.56. The normalized spacial score (nSPS) is 14.2. The lowest BCUT2D eigenvalue weighted by atomic mass is 10.1. The van der Waals surface area contributed by atoms with Crippen LogP contribution >= 0.6 is 11.6 Å². The van der Waals surface area contributed by atoms with E-state index in [0.717, 1.165) is 17.7 Å². The summed E-state index contributed by atoms with van der Waals surface area (Å²) in [7, 11) is 0. The summed E-state index contributed by atoms with van der Waals surface area (Å²) >= 11 is 5.87. The number of hydrogen-bond acceptors (Lipinski definition) is 3. The molecule has 0 spiro atoms. The van der Waals surface area contributed by atoms with Crippen LogP contribution in [0.25, 0.3) is 0 Å². The van der Waals surface area contributed by atoms with Crippen LogP contribution in [0.3, 0.4) is 0 Å². The molecule has 1 aromatic carbocycles. The molecule has 0 N–H and O–H groups in total. The van der Waals surface area contributed by atoms with Crippen LogP contribution in [0, 0.1) is 0 Å². The Balaban J connectivity index is 1.81. The summed E-state index contributed by atoms with van der Waals surface area (Å²) in [6.45, 7) is 0.589. The van der Waals surface area contributed by atoms with Gasteiger partial charge in [-0.2, -0.15) is 5.10 Å². The minimum absolute atomic E-state index is 0.123. The van der Waals surface area contributed by atoms with Crippen molar-refractivity contribution in [1.82, 2.24) is 9.99 Å². The number of carbonyl (C=O) groups excluding carboxylic acids is 1. The van der Waals surface area contributed by atoms with E-state index in [1.807, 2.05) is 24.3 Å². The fourth-order valence-electron chi connectivity index (χ4n) is 2.09. The number of hydrazone groups is 1. The Kier molecular flexibility index (Phi) is 3.48. The maximum Gasteiger partial charge on any atom is 0.275 e. The first-order valence-corrected chi connectivity index (χ1v) is 6.67. The van der Waals surface area contributed by atoms with Crippen molar-refractivity contribution < 1.29 is 4.79 Å². The maximum atomic E-state index is 12.2. The summed E-state index contributed by atoms with van der Waals surface area (Å²) in [5.74, 6) is -0.123. The van der Waals surface area contributed by atoms with E-state index in [4.69, 9.17) is 11.6 Å². The largest absolute Gasteiger partial charge is 0.275 e. The van der Waals surface area contributed by atoms with Crippen molar-refractivity contribution in [2.24, 2.45) is 5.10 Å². The first kappa shape index (κ1) is 12.8. The van der Waals surface area contributed by atoms with Crippen LogP contribution in [0.15, 0.2) is 53.9 Å². The molecule has 1 aliphatic heterocycles. The average molecular weight is 286 g/mol. The summed E-state index contributed by atoms with van der Waals surface area (Å²) < 4.78 is 0. The second-order valence-electron chi connectivity index (χ2n) is 4.47. The molecule has 20 heavy (non-hydrogen) atoms. The van der Waals surface area contributed by atoms with Crippen molar-refractivity contribution in [3.63, 3.8) is 0 Å².